The summed E-state index contributed by atoms with van der Waals surface area (Å²) in [4.78, 5) is 0. The van der Waals surface area contributed by atoms with Gasteiger partial charge in [-0.15, -0.1) is 0 Å². The predicted octanol–water partition coefficient (Wildman–Crippen LogP) is 2.72. The Morgan fingerprint density at radius 3 is 2.20 bits per heavy atom. The lowest BCUT2D eigenvalue weighted by Crippen LogP contribution is -2.39. The highest BCUT2D eigenvalue weighted by Gasteiger charge is 2.24. The molecule has 0 aromatic heterocycles. The molecule has 2 N–H and O–H groups in total. The van der Waals surface area contributed by atoms with Crippen LogP contribution in [0.5, 0.6) is 0 Å². The highest BCUT2D eigenvalue weighted by Crippen LogP contribution is 2.20. The van der Waals surface area contributed by atoms with Gasteiger partial charge >= 0.3 is 0 Å². The largest absolute Gasteiger partial charge is 0.369 e. The number of ether oxygens (including phenoxy) is 1. The zero-order valence-corrected chi connectivity index (χ0v) is 9.70. The van der Waals surface area contributed by atoms with Gasteiger partial charge in [-0.25, -0.2) is 0 Å². The van der Waals surface area contributed by atoms with Crippen molar-refractivity contribution in [3.8, 4) is 0 Å². The van der Waals surface area contributed by atoms with E-state index in [0.717, 1.165) is 12.8 Å². The van der Waals surface area contributed by atoms with Gasteiger partial charge in [0.15, 0.2) is 0 Å². The average molecular weight is 207 g/mol. The molecule has 0 aliphatic carbocycles. The van der Waals surface area contributed by atoms with Crippen molar-refractivity contribution in [2.45, 2.75) is 38.9 Å². The first-order chi connectivity index (χ1) is 7.26. The molecule has 1 aromatic rings. The molecular weight excluding hydrogens is 186 g/mol. The number of rotatable bonds is 6. The van der Waals surface area contributed by atoms with Crippen LogP contribution in [0.1, 0.15) is 32.3 Å². The second-order valence-corrected chi connectivity index (χ2v) is 3.87. The minimum Gasteiger partial charge on any atom is -0.369 e. The van der Waals surface area contributed by atoms with Gasteiger partial charge in [0.2, 0.25) is 0 Å². The number of benzene rings is 1. The molecule has 0 heterocycles. The average Bonchev–Trinajstić information content (AvgIpc) is 2.33. The second kappa shape index (κ2) is 5.89. The van der Waals surface area contributed by atoms with Crippen molar-refractivity contribution >= 4 is 0 Å². The van der Waals surface area contributed by atoms with Gasteiger partial charge in [0.25, 0.3) is 0 Å². The molecule has 0 saturated heterocycles. The Bertz CT molecular complexity index is 259. The van der Waals surface area contributed by atoms with Gasteiger partial charge in [0, 0.05) is 6.54 Å². The Hall–Kier alpha value is -0.860. The molecule has 0 fully saturated rings. The molecule has 0 amide bonds. The van der Waals surface area contributed by atoms with E-state index < -0.39 is 0 Å². The van der Waals surface area contributed by atoms with Crippen LogP contribution in [0.4, 0.5) is 0 Å². The van der Waals surface area contributed by atoms with E-state index in [1.165, 1.54) is 5.56 Å². The Morgan fingerprint density at radius 1 is 1.13 bits per heavy atom. The summed E-state index contributed by atoms with van der Waals surface area (Å²) in [7, 11) is 0. The molecule has 2 heteroatoms. The fourth-order valence-electron chi connectivity index (χ4n) is 1.61. The topological polar surface area (TPSA) is 35.2 Å². The quantitative estimate of drug-likeness (QED) is 0.778. The number of nitrogens with two attached hydrogens (primary N) is 1. The van der Waals surface area contributed by atoms with Crippen LogP contribution in [-0.4, -0.2) is 12.1 Å². The maximum Gasteiger partial charge on any atom is 0.0803 e. The SMILES string of the molecule is CCC(CC)(CN)OCc1ccccc1. The summed E-state index contributed by atoms with van der Waals surface area (Å²) in [6.45, 7) is 5.50. The first-order valence-electron chi connectivity index (χ1n) is 5.64. The Balaban J connectivity index is 2.54. The molecule has 0 radical (unpaired) electrons. The molecule has 0 atom stereocenters. The molecule has 2 nitrogen and oxygen atoms in total. The summed E-state index contributed by atoms with van der Waals surface area (Å²) < 4.78 is 5.94. The van der Waals surface area contributed by atoms with E-state index in [2.05, 4.69) is 26.0 Å². The molecule has 0 unspecified atom stereocenters. The highest BCUT2D eigenvalue weighted by atomic mass is 16.5. The smallest absolute Gasteiger partial charge is 0.0803 e. The summed E-state index contributed by atoms with van der Waals surface area (Å²) in [5, 5.41) is 0. The van der Waals surface area contributed by atoms with Crippen LogP contribution >= 0.6 is 0 Å². The van der Waals surface area contributed by atoms with Crippen molar-refractivity contribution in [1.29, 1.82) is 0 Å². The van der Waals surface area contributed by atoms with Crippen LogP contribution in [0.15, 0.2) is 30.3 Å². The van der Waals surface area contributed by atoms with Gasteiger partial charge in [-0.05, 0) is 18.4 Å². The Morgan fingerprint density at radius 2 is 1.73 bits per heavy atom. The van der Waals surface area contributed by atoms with Gasteiger partial charge in [-0.3, -0.25) is 0 Å². The standard InChI is InChI=1S/C13H21NO/c1-3-13(4-2,11-14)15-10-12-8-6-5-7-9-12/h5-9H,3-4,10-11,14H2,1-2H3. The van der Waals surface area contributed by atoms with Crippen LogP contribution in [0.2, 0.25) is 0 Å². The van der Waals surface area contributed by atoms with Crippen LogP contribution in [0, 0.1) is 0 Å². The fourth-order valence-corrected chi connectivity index (χ4v) is 1.61. The first-order valence-corrected chi connectivity index (χ1v) is 5.64. The molecule has 0 saturated carbocycles. The summed E-state index contributed by atoms with van der Waals surface area (Å²) in [6, 6.07) is 10.2. The van der Waals surface area contributed by atoms with Crippen LogP contribution < -0.4 is 5.73 Å². The Kier molecular flexibility index (Phi) is 4.79. The lowest BCUT2D eigenvalue weighted by Gasteiger charge is -2.30. The molecule has 0 aliphatic heterocycles. The minimum atomic E-state index is -0.143. The van der Waals surface area contributed by atoms with Crippen molar-refractivity contribution in [1.82, 2.24) is 0 Å². The molecule has 0 spiro atoms. The zero-order valence-electron chi connectivity index (χ0n) is 9.70. The van der Waals surface area contributed by atoms with Crippen molar-refractivity contribution < 1.29 is 4.74 Å². The summed E-state index contributed by atoms with van der Waals surface area (Å²) in [5.41, 5.74) is 6.83. The van der Waals surface area contributed by atoms with E-state index in [1.807, 2.05) is 18.2 Å². The Labute approximate surface area is 92.4 Å². The zero-order chi connectivity index (χ0) is 11.1. The van der Waals surface area contributed by atoms with Crippen LogP contribution in [-0.2, 0) is 11.3 Å². The third kappa shape index (κ3) is 3.33. The van der Waals surface area contributed by atoms with E-state index in [0.29, 0.717) is 13.2 Å². The van der Waals surface area contributed by atoms with Gasteiger partial charge in [-0.2, -0.15) is 0 Å². The summed E-state index contributed by atoms with van der Waals surface area (Å²) >= 11 is 0. The summed E-state index contributed by atoms with van der Waals surface area (Å²) in [5.74, 6) is 0. The maximum absolute atomic E-state index is 5.94. The number of hydrogen-bond acceptors (Lipinski definition) is 2. The minimum absolute atomic E-state index is 0.143. The van der Waals surface area contributed by atoms with E-state index in [9.17, 15) is 0 Å². The van der Waals surface area contributed by atoms with Gasteiger partial charge < -0.3 is 10.5 Å². The third-order valence-electron chi connectivity index (χ3n) is 3.05. The van der Waals surface area contributed by atoms with Crippen LogP contribution in [0.25, 0.3) is 0 Å². The molecule has 0 aliphatic rings. The van der Waals surface area contributed by atoms with Crippen molar-refractivity contribution in [3.05, 3.63) is 35.9 Å². The monoisotopic (exact) mass is 207 g/mol. The van der Waals surface area contributed by atoms with E-state index in [-0.39, 0.29) is 5.60 Å². The molecule has 1 rings (SSSR count). The lowest BCUT2D eigenvalue weighted by atomic mass is 9.97. The molecule has 1 aromatic carbocycles. The predicted molar refractivity (Wildman–Crippen MR) is 63.6 cm³/mol. The molecular formula is C13H21NO. The van der Waals surface area contributed by atoms with E-state index >= 15 is 0 Å². The number of hydrogen-bond donors (Lipinski definition) is 1. The molecule has 84 valence electrons. The van der Waals surface area contributed by atoms with Crippen molar-refractivity contribution in [2.75, 3.05) is 6.54 Å². The molecule has 15 heavy (non-hydrogen) atoms. The van der Waals surface area contributed by atoms with Crippen LogP contribution in [0.3, 0.4) is 0 Å². The van der Waals surface area contributed by atoms with Crippen molar-refractivity contribution in [3.63, 3.8) is 0 Å². The van der Waals surface area contributed by atoms with Gasteiger partial charge in [-0.1, -0.05) is 44.2 Å². The fraction of sp³-hybridized carbons (Fsp3) is 0.538. The third-order valence-corrected chi connectivity index (χ3v) is 3.05. The highest BCUT2D eigenvalue weighted by molar-refractivity contribution is 5.13. The van der Waals surface area contributed by atoms with E-state index in [1.54, 1.807) is 0 Å². The van der Waals surface area contributed by atoms with Gasteiger partial charge in [0.05, 0.1) is 12.2 Å². The second-order valence-electron chi connectivity index (χ2n) is 3.87. The lowest BCUT2D eigenvalue weighted by molar-refractivity contribution is -0.0553. The van der Waals surface area contributed by atoms with Crippen molar-refractivity contribution in [2.24, 2.45) is 5.73 Å². The maximum atomic E-state index is 5.94. The first kappa shape index (κ1) is 12.2. The summed E-state index contributed by atoms with van der Waals surface area (Å²) in [6.07, 6.45) is 1.93. The van der Waals surface area contributed by atoms with E-state index in [4.69, 9.17) is 10.5 Å². The molecule has 0 bridgehead atoms. The normalized spacial score (nSPS) is 11.7. The van der Waals surface area contributed by atoms with Gasteiger partial charge in [0.1, 0.15) is 0 Å².